The highest BCUT2D eigenvalue weighted by atomic mass is 32.2. The van der Waals surface area contributed by atoms with Crippen LogP contribution >= 0.6 is 0 Å². The molecular formula is C31H38N4O7S. The van der Waals surface area contributed by atoms with Gasteiger partial charge >= 0.3 is 0 Å². The summed E-state index contributed by atoms with van der Waals surface area (Å²) in [6.45, 7) is 6.96. The molecule has 0 unspecified atom stereocenters. The zero-order valence-electron chi connectivity index (χ0n) is 25.0. The summed E-state index contributed by atoms with van der Waals surface area (Å²) < 4.78 is 34.1. The minimum absolute atomic E-state index is 0.150. The zero-order chi connectivity index (χ0) is 31.7. The average Bonchev–Trinajstić information content (AvgIpc) is 2.99. The monoisotopic (exact) mass is 610 g/mol. The van der Waals surface area contributed by atoms with Crippen LogP contribution in [0.1, 0.15) is 31.9 Å². The molecule has 0 saturated heterocycles. The Balaban J connectivity index is 2.03. The SMILES string of the molecule is COc1ccc(N(CC(=O)N(CCc2ccccc2)[C@H](C)C(=O)NCC(C)C)S(=O)(=O)c2ccc(C)c([N+](=O)[O-])c2)cc1. The second kappa shape index (κ2) is 14.6. The molecule has 3 aromatic rings. The number of amides is 2. The Morgan fingerprint density at radius 2 is 1.65 bits per heavy atom. The van der Waals surface area contributed by atoms with Crippen LogP contribution in [0.2, 0.25) is 0 Å². The van der Waals surface area contributed by atoms with Crippen LogP contribution in [0.25, 0.3) is 0 Å². The summed E-state index contributed by atoms with van der Waals surface area (Å²) in [4.78, 5) is 39.0. The fourth-order valence-electron chi connectivity index (χ4n) is 4.37. The Morgan fingerprint density at radius 1 is 1.00 bits per heavy atom. The number of methoxy groups -OCH3 is 1. The molecule has 0 spiro atoms. The fraction of sp³-hybridized carbons (Fsp3) is 0.355. The van der Waals surface area contributed by atoms with Gasteiger partial charge in [-0.1, -0.05) is 50.2 Å². The smallest absolute Gasteiger partial charge is 0.273 e. The van der Waals surface area contributed by atoms with Gasteiger partial charge in [-0.15, -0.1) is 0 Å². The number of carbonyl (C=O) groups excluding carboxylic acids is 2. The lowest BCUT2D eigenvalue weighted by molar-refractivity contribution is -0.385. The number of rotatable bonds is 14. The molecule has 0 aromatic heterocycles. The van der Waals surface area contributed by atoms with Crippen molar-refractivity contribution in [2.24, 2.45) is 5.92 Å². The van der Waals surface area contributed by atoms with Crippen LogP contribution in [0.5, 0.6) is 5.75 Å². The van der Waals surface area contributed by atoms with E-state index in [4.69, 9.17) is 4.74 Å². The molecule has 43 heavy (non-hydrogen) atoms. The molecule has 11 nitrogen and oxygen atoms in total. The van der Waals surface area contributed by atoms with Gasteiger partial charge in [0.1, 0.15) is 18.3 Å². The Morgan fingerprint density at radius 3 is 2.23 bits per heavy atom. The number of hydrogen-bond acceptors (Lipinski definition) is 7. The Labute approximate surface area is 252 Å². The van der Waals surface area contributed by atoms with E-state index in [0.717, 1.165) is 15.9 Å². The number of nitrogens with zero attached hydrogens (tertiary/aromatic N) is 3. The quantitative estimate of drug-likeness (QED) is 0.212. The number of nitro groups is 1. The van der Waals surface area contributed by atoms with Gasteiger partial charge in [-0.05, 0) is 62.1 Å². The standard InChI is InChI=1S/C31H38N4O7S/c1-22(2)20-32-31(37)24(4)33(18-17-25-9-7-6-8-10-25)30(36)21-34(26-12-14-27(42-5)15-13-26)43(40,41)28-16-11-23(3)29(19-28)35(38)39/h6-16,19,22,24H,17-18,20-21H2,1-5H3,(H,32,37)/t24-/m1/s1. The molecule has 3 aromatic carbocycles. The van der Waals surface area contributed by atoms with Crippen molar-refractivity contribution < 1.29 is 27.7 Å². The number of carbonyl (C=O) groups is 2. The zero-order valence-corrected chi connectivity index (χ0v) is 25.8. The van der Waals surface area contributed by atoms with Gasteiger partial charge in [-0.25, -0.2) is 8.42 Å². The predicted octanol–water partition coefficient (Wildman–Crippen LogP) is 4.34. The highest BCUT2D eigenvalue weighted by molar-refractivity contribution is 7.92. The maximum atomic E-state index is 14.0. The largest absolute Gasteiger partial charge is 0.497 e. The van der Waals surface area contributed by atoms with E-state index in [1.54, 1.807) is 19.1 Å². The second-order valence-corrected chi connectivity index (χ2v) is 12.4. The van der Waals surface area contributed by atoms with Gasteiger partial charge < -0.3 is 15.0 Å². The van der Waals surface area contributed by atoms with E-state index in [2.05, 4.69) is 5.32 Å². The van der Waals surface area contributed by atoms with E-state index in [-0.39, 0.29) is 34.6 Å². The number of aryl methyl sites for hydroxylation is 1. The first-order valence-electron chi connectivity index (χ1n) is 13.9. The third kappa shape index (κ3) is 8.54. The van der Waals surface area contributed by atoms with Crippen LogP contribution < -0.4 is 14.4 Å². The molecule has 0 aliphatic heterocycles. The number of ether oxygens (including phenoxy) is 1. The number of hydrogen-bond donors (Lipinski definition) is 1. The summed E-state index contributed by atoms with van der Waals surface area (Å²) in [6, 6.07) is 18.2. The molecule has 0 bridgehead atoms. The molecule has 0 aliphatic rings. The van der Waals surface area contributed by atoms with Crippen molar-refractivity contribution in [3.63, 3.8) is 0 Å². The Bertz CT molecular complexity index is 1530. The van der Waals surface area contributed by atoms with Crippen molar-refractivity contribution in [1.29, 1.82) is 0 Å². The van der Waals surface area contributed by atoms with Crippen LogP contribution in [0.4, 0.5) is 11.4 Å². The Kier molecular flexibility index (Phi) is 11.2. The van der Waals surface area contributed by atoms with E-state index in [9.17, 15) is 28.1 Å². The van der Waals surface area contributed by atoms with E-state index in [1.807, 2.05) is 44.2 Å². The van der Waals surface area contributed by atoms with Gasteiger partial charge in [0.15, 0.2) is 0 Å². The molecule has 1 N–H and O–H groups in total. The van der Waals surface area contributed by atoms with E-state index >= 15 is 0 Å². The molecule has 0 aliphatic carbocycles. The minimum Gasteiger partial charge on any atom is -0.497 e. The first-order valence-corrected chi connectivity index (χ1v) is 15.3. The van der Waals surface area contributed by atoms with E-state index in [0.29, 0.717) is 24.3 Å². The van der Waals surface area contributed by atoms with Crippen LogP contribution in [0, 0.1) is 23.0 Å². The maximum absolute atomic E-state index is 14.0. The third-order valence-electron chi connectivity index (χ3n) is 6.94. The molecule has 2 amide bonds. The number of nitrogens with one attached hydrogen (secondary N) is 1. The highest BCUT2D eigenvalue weighted by Crippen LogP contribution is 2.29. The summed E-state index contributed by atoms with van der Waals surface area (Å²) in [6.07, 6.45) is 0.438. The molecule has 0 radical (unpaired) electrons. The summed E-state index contributed by atoms with van der Waals surface area (Å²) >= 11 is 0. The summed E-state index contributed by atoms with van der Waals surface area (Å²) in [5, 5.41) is 14.4. The van der Waals surface area contributed by atoms with Crippen molar-refractivity contribution in [3.8, 4) is 5.75 Å². The molecule has 12 heteroatoms. The summed E-state index contributed by atoms with van der Waals surface area (Å²) in [5.74, 6) is -0.301. The third-order valence-corrected chi connectivity index (χ3v) is 8.71. The molecular weight excluding hydrogens is 572 g/mol. The molecule has 3 rings (SSSR count). The van der Waals surface area contributed by atoms with Crippen LogP contribution in [-0.2, 0) is 26.0 Å². The Hall–Kier alpha value is -4.45. The number of sulfonamides is 1. The summed E-state index contributed by atoms with van der Waals surface area (Å²) in [7, 11) is -3.00. The minimum atomic E-state index is -4.47. The van der Waals surface area contributed by atoms with Crippen molar-refractivity contribution in [2.45, 2.75) is 45.1 Å². The van der Waals surface area contributed by atoms with Crippen LogP contribution in [0.3, 0.4) is 0 Å². The van der Waals surface area contributed by atoms with Gasteiger partial charge in [-0.3, -0.25) is 24.0 Å². The van der Waals surface area contributed by atoms with Gasteiger partial charge in [0, 0.05) is 24.7 Å². The van der Waals surface area contributed by atoms with Gasteiger partial charge in [0.2, 0.25) is 11.8 Å². The van der Waals surface area contributed by atoms with Crippen molar-refractivity contribution in [2.75, 3.05) is 31.0 Å². The first kappa shape index (κ1) is 33.1. The van der Waals surface area contributed by atoms with Crippen molar-refractivity contribution >= 4 is 33.2 Å². The second-order valence-electron chi connectivity index (χ2n) is 10.6. The summed E-state index contributed by atoms with van der Waals surface area (Å²) in [5.41, 5.74) is 1.03. The van der Waals surface area contributed by atoms with Crippen molar-refractivity contribution in [1.82, 2.24) is 10.2 Å². The fourth-order valence-corrected chi connectivity index (χ4v) is 5.81. The lowest BCUT2D eigenvalue weighted by atomic mass is 10.1. The van der Waals surface area contributed by atoms with Gasteiger partial charge in [-0.2, -0.15) is 0 Å². The highest BCUT2D eigenvalue weighted by Gasteiger charge is 2.33. The lowest BCUT2D eigenvalue weighted by Gasteiger charge is -2.32. The van der Waals surface area contributed by atoms with Gasteiger partial charge in [0.25, 0.3) is 15.7 Å². The maximum Gasteiger partial charge on any atom is 0.273 e. The lowest BCUT2D eigenvalue weighted by Crippen LogP contribution is -2.52. The molecule has 0 saturated carbocycles. The topological polar surface area (TPSA) is 139 Å². The number of anilines is 1. The first-order chi connectivity index (χ1) is 20.3. The molecule has 230 valence electrons. The van der Waals surface area contributed by atoms with Gasteiger partial charge in [0.05, 0.1) is 22.6 Å². The van der Waals surface area contributed by atoms with Crippen LogP contribution in [-0.4, -0.2) is 62.8 Å². The number of nitro benzene ring substituents is 1. The number of benzene rings is 3. The average molecular weight is 611 g/mol. The van der Waals surface area contributed by atoms with E-state index in [1.165, 1.54) is 43.2 Å². The van der Waals surface area contributed by atoms with E-state index < -0.39 is 33.4 Å². The van der Waals surface area contributed by atoms with Crippen LogP contribution in [0.15, 0.2) is 77.7 Å². The molecule has 0 heterocycles. The normalized spacial score (nSPS) is 12.0. The molecule has 1 atom stereocenters. The predicted molar refractivity (Wildman–Crippen MR) is 165 cm³/mol. The molecule has 0 fully saturated rings. The van der Waals surface area contributed by atoms with Crippen molar-refractivity contribution in [3.05, 3.63) is 94.0 Å².